The highest BCUT2D eigenvalue weighted by atomic mass is 16.5. The van der Waals surface area contributed by atoms with Gasteiger partial charge in [-0.25, -0.2) is 0 Å². The van der Waals surface area contributed by atoms with Gasteiger partial charge in [0, 0.05) is 6.54 Å². The van der Waals surface area contributed by atoms with Gasteiger partial charge in [0.05, 0.1) is 31.1 Å². The zero-order valence-corrected chi connectivity index (χ0v) is 16.4. The molecule has 8 heteroatoms. The van der Waals surface area contributed by atoms with Gasteiger partial charge in [0.2, 0.25) is 11.8 Å². The maximum atomic E-state index is 12.4. The molecule has 1 saturated heterocycles. The molecule has 0 spiro atoms. The maximum Gasteiger partial charge on any atom is 0.308 e. The molecule has 3 atom stereocenters. The van der Waals surface area contributed by atoms with Gasteiger partial charge in [0.25, 0.3) is 5.91 Å². The standard InChI is InChI=1S/C21H24N2O6/c1-13(19(25)22-16-9-5-6-10-17(16)28-2)29-18(24)11-12-23-20(26)14-7-3-4-8-15(14)21(23)27/h3-6,9-10,13-15H,7-8,11-12H2,1-2H3,(H,22,25)/t13-,14-,15-/m0/s1. The van der Waals surface area contributed by atoms with Crippen molar-refractivity contribution in [1.29, 1.82) is 0 Å². The number of ether oxygens (including phenoxy) is 2. The smallest absolute Gasteiger partial charge is 0.308 e. The number of benzene rings is 1. The third kappa shape index (κ3) is 4.47. The highest BCUT2D eigenvalue weighted by Gasteiger charge is 2.47. The van der Waals surface area contributed by atoms with Gasteiger partial charge in [-0.15, -0.1) is 0 Å². The first kappa shape index (κ1) is 20.6. The number of likely N-dealkylation sites (tertiary alicyclic amines) is 1. The molecule has 1 aliphatic carbocycles. The maximum absolute atomic E-state index is 12.4. The zero-order valence-electron chi connectivity index (χ0n) is 16.4. The topological polar surface area (TPSA) is 102 Å². The molecule has 0 unspecified atom stereocenters. The largest absolute Gasteiger partial charge is 0.495 e. The molecule has 1 aromatic rings. The molecule has 0 saturated carbocycles. The highest BCUT2D eigenvalue weighted by Crippen LogP contribution is 2.35. The van der Waals surface area contributed by atoms with E-state index in [-0.39, 0.29) is 36.6 Å². The number of esters is 1. The van der Waals surface area contributed by atoms with Crippen LogP contribution in [0.2, 0.25) is 0 Å². The summed E-state index contributed by atoms with van der Waals surface area (Å²) in [5.41, 5.74) is 0.465. The van der Waals surface area contributed by atoms with Crippen molar-refractivity contribution in [1.82, 2.24) is 4.90 Å². The lowest BCUT2D eigenvalue weighted by Gasteiger charge is -2.17. The summed E-state index contributed by atoms with van der Waals surface area (Å²) in [4.78, 5) is 50.4. The second-order valence-corrected chi connectivity index (χ2v) is 7.06. The summed E-state index contributed by atoms with van der Waals surface area (Å²) < 4.78 is 10.3. The number of allylic oxidation sites excluding steroid dienone is 2. The average molecular weight is 400 g/mol. The average Bonchev–Trinajstić information content (AvgIpc) is 2.97. The molecule has 0 radical (unpaired) electrons. The number of nitrogens with one attached hydrogen (secondary N) is 1. The Balaban J connectivity index is 1.49. The quantitative estimate of drug-likeness (QED) is 0.426. The Hall–Kier alpha value is -3.16. The Labute approximate surface area is 168 Å². The molecule has 2 aliphatic rings. The summed E-state index contributed by atoms with van der Waals surface area (Å²) in [6.45, 7) is 1.42. The summed E-state index contributed by atoms with van der Waals surface area (Å²) in [7, 11) is 1.49. The minimum absolute atomic E-state index is 0.0374. The summed E-state index contributed by atoms with van der Waals surface area (Å²) in [6, 6.07) is 6.88. The molecule has 8 nitrogen and oxygen atoms in total. The molecule has 1 aliphatic heterocycles. The van der Waals surface area contributed by atoms with E-state index in [0.717, 1.165) is 4.90 Å². The van der Waals surface area contributed by atoms with Crippen LogP contribution in [-0.4, -0.2) is 48.3 Å². The number of hydrogen-bond donors (Lipinski definition) is 1. The van der Waals surface area contributed by atoms with Gasteiger partial charge >= 0.3 is 5.97 Å². The van der Waals surface area contributed by atoms with Crippen LogP contribution in [0.15, 0.2) is 36.4 Å². The van der Waals surface area contributed by atoms with E-state index in [2.05, 4.69) is 5.32 Å². The summed E-state index contributed by atoms with van der Waals surface area (Å²) in [6.07, 6.45) is 3.73. The third-order valence-electron chi connectivity index (χ3n) is 5.18. The normalized spacial score (nSPS) is 21.5. The van der Waals surface area contributed by atoms with Gasteiger partial charge in [0.1, 0.15) is 5.75 Å². The van der Waals surface area contributed by atoms with Gasteiger partial charge in [-0.3, -0.25) is 24.1 Å². The Bertz CT molecular complexity index is 823. The van der Waals surface area contributed by atoms with Crippen molar-refractivity contribution < 1.29 is 28.7 Å². The van der Waals surface area contributed by atoms with Crippen molar-refractivity contribution >= 4 is 29.4 Å². The van der Waals surface area contributed by atoms with Gasteiger partial charge in [-0.05, 0) is 31.9 Å². The van der Waals surface area contributed by atoms with Crippen molar-refractivity contribution in [3.8, 4) is 5.75 Å². The number of para-hydroxylation sites is 2. The molecule has 3 rings (SSSR count). The van der Waals surface area contributed by atoms with Crippen LogP contribution < -0.4 is 10.1 Å². The van der Waals surface area contributed by atoms with Crippen LogP contribution in [0.4, 0.5) is 5.69 Å². The fourth-order valence-electron chi connectivity index (χ4n) is 3.58. The molecule has 1 N–H and O–H groups in total. The summed E-state index contributed by atoms with van der Waals surface area (Å²) in [5.74, 6) is -1.79. The predicted octanol–water partition coefficient (Wildman–Crippen LogP) is 1.91. The Kier molecular flexibility index (Phi) is 6.31. The predicted molar refractivity (Wildman–Crippen MR) is 104 cm³/mol. The van der Waals surface area contributed by atoms with Crippen LogP contribution in [0, 0.1) is 11.8 Å². The van der Waals surface area contributed by atoms with Crippen LogP contribution >= 0.6 is 0 Å². The Morgan fingerprint density at radius 3 is 2.38 bits per heavy atom. The lowest BCUT2D eigenvalue weighted by Crippen LogP contribution is -2.35. The number of hydrogen-bond acceptors (Lipinski definition) is 6. The van der Waals surface area contributed by atoms with Crippen molar-refractivity contribution in [2.24, 2.45) is 11.8 Å². The minimum Gasteiger partial charge on any atom is -0.495 e. The van der Waals surface area contributed by atoms with Crippen LogP contribution in [0.1, 0.15) is 26.2 Å². The molecular weight excluding hydrogens is 376 g/mol. The number of carbonyl (C=O) groups excluding carboxylic acids is 4. The Morgan fingerprint density at radius 2 is 1.76 bits per heavy atom. The van der Waals surface area contributed by atoms with Crippen LogP contribution in [-0.2, 0) is 23.9 Å². The van der Waals surface area contributed by atoms with E-state index in [9.17, 15) is 19.2 Å². The van der Waals surface area contributed by atoms with E-state index in [1.807, 2.05) is 12.2 Å². The van der Waals surface area contributed by atoms with E-state index in [4.69, 9.17) is 9.47 Å². The molecular formula is C21H24N2O6. The molecule has 0 bridgehead atoms. The third-order valence-corrected chi connectivity index (χ3v) is 5.18. The summed E-state index contributed by atoms with van der Waals surface area (Å²) in [5, 5.41) is 2.64. The first-order valence-corrected chi connectivity index (χ1v) is 9.56. The van der Waals surface area contributed by atoms with Gasteiger partial charge in [-0.1, -0.05) is 24.3 Å². The lowest BCUT2D eigenvalue weighted by molar-refractivity contribution is -0.154. The van der Waals surface area contributed by atoms with Crippen molar-refractivity contribution in [3.63, 3.8) is 0 Å². The number of methoxy groups -OCH3 is 1. The molecule has 29 heavy (non-hydrogen) atoms. The molecule has 1 aromatic carbocycles. The first-order chi connectivity index (χ1) is 13.9. The fourth-order valence-corrected chi connectivity index (χ4v) is 3.58. The molecule has 1 fully saturated rings. The lowest BCUT2D eigenvalue weighted by atomic mass is 9.85. The van der Waals surface area contributed by atoms with E-state index >= 15 is 0 Å². The number of carbonyl (C=O) groups is 4. The number of fused-ring (bicyclic) bond motifs is 1. The number of anilines is 1. The van der Waals surface area contributed by atoms with Crippen LogP contribution in [0.5, 0.6) is 5.75 Å². The summed E-state index contributed by atoms with van der Waals surface area (Å²) >= 11 is 0. The molecule has 154 valence electrons. The Morgan fingerprint density at radius 1 is 1.14 bits per heavy atom. The van der Waals surface area contributed by atoms with E-state index in [1.54, 1.807) is 24.3 Å². The van der Waals surface area contributed by atoms with Gasteiger partial charge in [-0.2, -0.15) is 0 Å². The van der Waals surface area contributed by atoms with E-state index in [1.165, 1.54) is 14.0 Å². The first-order valence-electron chi connectivity index (χ1n) is 9.56. The van der Waals surface area contributed by atoms with Crippen molar-refractivity contribution in [2.45, 2.75) is 32.3 Å². The fraction of sp³-hybridized carbons (Fsp3) is 0.429. The van der Waals surface area contributed by atoms with Crippen molar-refractivity contribution in [3.05, 3.63) is 36.4 Å². The molecule has 3 amide bonds. The highest BCUT2D eigenvalue weighted by molar-refractivity contribution is 6.05. The number of amides is 3. The SMILES string of the molecule is COc1ccccc1NC(=O)[C@H](C)OC(=O)CCN1C(=O)[C@H]2CC=CC[C@@H]2C1=O. The van der Waals surface area contributed by atoms with E-state index in [0.29, 0.717) is 24.3 Å². The number of rotatable bonds is 7. The number of imide groups is 1. The second-order valence-electron chi connectivity index (χ2n) is 7.06. The monoisotopic (exact) mass is 400 g/mol. The zero-order chi connectivity index (χ0) is 21.0. The molecule has 1 heterocycles. The van der Waals surface area contributed by atoms with E-state index < -0.39 is 18.0 Å². The van der Waals surface area contributed by atoms with Gasteiger partial charge in [0.15, 0.2) is 6.10 Å². The number of nitrogens with zero attached hydrogens (tertiary/aromatic N) is 1. The minimum atomic E-state index is -1.04. The van der Waals surface area contributed by atoms with Crippen molar-refractivity contribution in [2.75, 3.05) is 19.0 Å². The van der Waals surface area contributed by atoms with Crippen LogP contribution in [0.3, 0.4) is 0 Å². The van der Waals surface area contributed by atoms with Gasteiger partial charge < -0.3 is 14.8 Å². The van der Waals surface area contributed by atoms with Crippen LogP contribution in [0.25, 0.3) is 0 Å². The second kappa shape index (κ2) is 8.89. The molecule has 0 aromatic heterocycles.